The van der Waals surface area contributed by atoms with Gasteiger partial charge in [0.15, 0.2) is 17.6 Å². The Bertz CT molecular complexity index is 1240. The third-order valence-electron chi connectivity index (χ3n) is 4.99. The fraction of sp³-hybridized carbons (Fsp3) is 0.545. The van der Waals surface area contributed by atoms with E-state index in [2.05, 4.69) is 31.9 Å². The molecule has 3 N–H and O–H groups in total. The van der Waals surface area contributed by atoms with Crippen molar-refractivity contribution in [2.24, 2.45) is 10.9 Å². The van der Waals surface area contributed by atoms with Gasteiger partial charge in [0, 0.05) is 34.4 Å². The summed E-state index contributed by atoms with van der Waals surface area (Å²) in [5, 5.41) is 24.1. The van der Waals surface area contributed by atoms with Crippen LogP contribution in [-0.2, 0) is 23.8 Å². The van der Waals surface area contributed by atoms with Crippen LogP contribution >= 0.6 is 0 Å². The summed E-state index contributed by atoms with van der Waals surface area (Å²) < 4.78 is 17.0. The van der Waals surface area contributed by atoms with Gasteiger partial charge in [-0.3, -0.25) is 19.4 Å². The molecule has 0 radical (unpaired) electrons. The molecule has 36 heavy (non-hydrogen) atoms. The lowest BCUT2D eigenvalue weighted by Gasteiger charge is -2.12. The van der Waals surface area contributed by atoms with Gasteiger partial charge in [-0.05, 0) is 5.92 Å². The van der Waals surface area contributed by atoms with Crippen LogP contribution in [0.5, 0.6) is 0 Å². The maximum atomic E-state index is 13.0. The van der Waals surface area contributed by atoms with Crippen LogP contribution in [0.25, 0.3) is 11.0 Å². The molecule has 194 valence electrons. The number of fused-ring (bicyclic) bond motifs is 1. The van der Waals surface area contributed by atoms with Gasteiger partial charge in [0.25, 0.3) is 5.56 Å². The summed E-state index contributed by atoms with van der Waals surface area (Å²) in [6, 6.07) is 0. The van der Waals surface area contributed by atoms with Crippen LogP contribution in [0.4, 0.5) is 5.95 Å². The zero-order chi connectivity index (χ0) is 26.4. The molecule has 0 aromatic carbocycles. The predicted octanol–water partition coefficient (Wildman–Crippen LogP) is -0.924. The van der Waals surface area contributed by atoms with Gasteiger partial charge in [-0.15, -0.1) is 0 Å². The normalized spacial score (nSPS) is 19.5. The second kappa shape index (κ2) is 11.8. The van der Waals surface area contributed by atoms with E-state index in [1.165, 1.54) is 24.9 Å². The van der Waals surface area contributed by atoms with Crippen molar-refractivity contribution >= 4 is 35.3 Å². The van der Waals surface area contributed by atoms with Crippen LogP contribution in [0.2, 0.25) is 0 Å². The molecule has 0 aliphatic carbocycles. The molecule has 1 fully saturated rings. The fourth-order valence-corrected chi connectivity index (χ4v) is 3.32. The van der Waals surface area contributed by atoms with Gasteiger partial charge in [-0.25, -0.2) is 9.67 Å². The first-order valence-electron chi connectivity index (χ1n) is 11.0. The first-order chi connectivity index (χ1) is 17.1. The van der Waals surface area contributed by atoms with Crippen LogP contribution in [0.1, 0.15) is 32.2 Å². The number of hydrogen-bond donors (Lipinski definition) is 3. The molecule has 2 aromatic heterocycles. The molecule has 0 unspecified atom stereocenters. The first kappa shape index (κ1) is 26.8. The lowest BCUT2D eigenvalue weighted by molar-refractivity contribution is -0.144. The van der Waals surface area contributed by atoms with Crippen molar-refractivity contribution in [1.29, 1.82) is 0 Å². The third-order valence-corrected chi connectivity index (χ3v) is 4.99. The predicted molar refractivity (Wildman–Crippen MR) is 125 cm³/mol. The number of aliphatic imine (C=N–C) groups is 1. The van der Waals surface area contributed by atoms with Gasteiger partial charge in [0.2, 0.25) is 5.95 Å². The van der Waals surface area contributed by atoms with E-state index in [0.29, 0.717) is 0 Å². The van der Waals surface area contributed by atoms with Gasteiger partial charge in [0.05, 0.1) is 25.0 Å². The quantitative estimate of drug-likeness (QED) is 0.175. The molecule has 1 aliphatic heterocycles. The maximum Gasteiger partial charge on any atom is 0.302 e. The smallest absolute Gasteiger partial charge is 0.302 e. The maximum absolute atomic E-state index is 13.0. The highest BCUT2D eigenvalue weighted by atomic mass is 16.6. The average Bonchev–Trinajstić information content (AvgIpc) is 3.37. The minimum Gasteiger partial charge on any atom is -0.464 e. The summed E-state index contributed by atoms with van der Waals surface area (Å²) in [4.78, 5) is 48.2. The van der Waals surface area contributed by atoms with Crippen LogP contribution in [0.15, 0.2) is 9.79 Å². The molecular weight excluding hydrogens is 476 g/mol. The molecule has 0 bridgehead atoms. The second-order valence-corrected chi connectivity index (χ2v) is 8.28. The molecule has 14 heteroatoms. The molecule has 0 amide bonds. The number of nitrogens with zero attached hydrogens (tertiary/aromatic N) is 5. The van der Waals surface area contributed by atoms with Crippen molar-refractivity contribution in [1.82, 2.24) is 24.6 Å². The molecular formula is C22H28N6O8. The Balaban J connectivity index is 2.08. The summed E-state index contributed by atoms with van der Waals surface area (Å²) in [5.74, 6) is 3.89. The molecule has 1 saturated heterocycles. The van der Waals surface area contributed by atoms with E-state index in [0.717, 1.165) is 0 Å². The first-order valence-corrected chi connectivity index (χ1v) is 11.0. The molecule has 3 heterocycles. The Morgan fingerprint density at radius 2 is 2.00 bits per heavy atom. The lowest BCUT2D eigenvalue weighted by atomic mass is 10.1. The molecule has 0 saturated carbocycles. The van der Waals surface area contributed by atoms with Crippen molar-refractivity contribution in [2.75, 3.05) is 33.9 Å². The molecule has 3 rings (SSSR count). The highest BCUT2D eigenvalue weighted by Gasteiger charge is 2.36. The average molecular weight is 505 g/mol. The lowest BCUT2D eigenvalue weighted by Crippen LogP contribution is -2.24. The number of carbonyl (C=O) groups excluding carboxylic acids is 2. The Morgan fingerprint density at radius 3 is 2.56 bits per heavy atom. The van der Waals surface area contributed by atoms with Crippen molar-refractivity contribution in [3.63, 3.8) is 0 Å². The highest BCUT2D eigenvalue weighted by Crippen LogP contribution is 2.31. The number of aromatic nitrogens is 4. The Morgan fingerprint density at radius 1 is 1.33 bits per heavy atom. The molecule has 2 aromatic rings. The third kappa shape index (κ3) is 6.66. The van der Waals surface area contributed by atoms with Crippen molar-refractivity contribution in [3.8, 4) is 11.8 Å². The van der Waals surface area contributed by atoms with E-state index < -0.39 is 48.5 Å². The molecule has 14 nitrogen and oxygen atoms in total. The summed E-state index contributed by atoms with van der Waals surface area (Å²) >= 11 is 0. The van der Waals surface area contributed by atoms with E-state index in [1.807, 2.05) is 0 Å². The van der Waals surface area contributed by atoms with E-state index in [1.54, 1.807) is 19.0 Å². The van der Waals surface area contributed by atoms with Gasteiger partial charge in [0.1, 0.15) is 24.7 Å². The van der Waals surface area contributed by atoms with Crippen LogP contribution in [-0.4, -0.2) is 99.3 Å². The molecule has 0 spiro atoms. The van der Waals surface area contributed by atoms with E-state index in [-0.39, 0.29) is 42.3 Å². The number of rotatable bonds is 8. The molecule has 3 atom stereocenters. The van der Waals surface area contributed by atoms with Gasteiger partial charge < -0.3 is 29.3 Å². The van der Waals surface area contributed by atoms with E-state index in [4.69, 9.17) is 14.2 Å². The summed E-state index contributed by atoms with van der Waals surface area (Å²) in [6.45, 7) is 1.81. The fourth-order valence-electron chi connectivity index (χ4n) is 3.32. The summed E-state index contributed by atoms with van der Waals surface area (Å²) in [7, 11) is 3.51. The Kier molecular flexibility index (Phi) is 8.75. The summed E-state index contributed by atoms with van der Waals surface area (Å²) in [5.41, 5.74) is -0.403. The van der Waals surface area contributed by atoms with Crippen LogP contribution in [0.3, 0.4) is 0 Å². The number of esters is 2. The monoisotopic (exact) mass is 504 g/mol. The molecule has 1 aliphatic rings. The minimum absolute atomic E-state index is 0.0155. The number of carbonyl (C=O) groups is 2. The van der Waals surface area contributed by atoms with Gasteiger partial charge in [-0.1, -0.05) is 5.92 Å². The van der Waals surface area contributed by atoms with Crippen LogP contribution < -0.4 is 5.56 Å². The number of aliphatic hydroxyl groups excluding tert-OH is 2. The second-order valence-electron chi connectivity index (χ2n) is 8.28. The number of aliphatic hydroxyl groups is 2. The number of aromatic amines is 1. The largest absolute Gasteiger partial charge is 0.464 e. The number of H-pyrrole nitrogens is 1. The van der Waals surface area contributed by atoms with Crippen LogP contribution in [0, 0.1) is 17.8 Å². The Labute approximate surface area is 205 Å². The SMILES string of the molecule is CC(=O)OCC(C#Cc1nn([C@H]2C[C@@H](O)[C@@H](CO)O2)c2nc(/N=C/N(C)C)[nH]c(=O)c12)COC(C)=O. The standard InChI is InChI=1S/C22H28N6O8/c1-12(30)34-9-14(10-35-13(2)31)5-6-15-19-20(24-22(25-21(19)33)23-11-27(3)4)28(26-15)18-7-16(32)17(8-29)36-18/h11,14,16-18,29,32H,7-10H2,1-4H3,(H,24,25,33)/b23-11+/t16-,17-,18-/m1/s1. The zero-order valence-electron chi connectivity index (χ0n) is 20.3. The number of hydrogen-bond acceptors (Lipinski definition) is 11. The highest BCUT2D eigenvalue weighted by molar-refractivity contribution is 5.81. The minimum atomic E-state index is -0.946. The summed E-state index contributed by atoms with van der Waals surface area (Å²) in [6.07, 6.45) is -1.04. The topological polar surface area (TPSA) is 181 Å². The van der Waals surface area contributed by atoms with E-state index in [9.17, 15) is 24.6 Å². The van der Waals surface area contributed by atoms with E-state index >= 15 is 0 Å². The van der Waals surface area contributed by atoms with Gasteiger partial charge >= 0.3 is 11.9 Å². The zero-order valence-corrected chi connectivity index (χ0v) is 20.3. The van der Waals surface area contributed by atoms with Crippen molar-refractivity contribution in [3.05, 3.63) is 16.0 Å². The Hall–Kier alpha value is -3.80. The number of ether oxygens (including phenoxy) is 3. The van der Waals surface area contributed by atoms with Crippen molar-refractivity contribution in [2.45, 2.75) is 38.7 Å². The van der Waals surface area contributed by atoms with Crippen molar-refractivity contribution < 1.29 is 34.0 Å². The van der Waals surface area contributed by atoms with Gasteiger partial charge in [-0.2, -0.15) is 10.1 Å². The number of nitrogens with one attached hydrogen (secondary N) is 1.